The van der Waals surface area contributed by atoms with Crippen molar-refractivity contribution in [2.24, 2.45) is 5.92 Å². The normalized spacial score (nSPS) is 31.9. The zero-order chi connectivity index (χ0) is 5.11. The van der Waals surface area contributed by atoms with Crippen molar-refractivity contribution >= 4 is 15.6 Å². The minimum atomic E-state index is -0.0390. The molecule has 0 bridgehead atoms. The minimum absolute atomic E-state index is 0.0390. The van der Waals surface area contributed by atoms with Crippen LogP contribution in [0.4, 0.5) is 0 Å². The lowest BCUT2D eigenvalue weighted by molar-refractivity contribution is 0.271. The lowest BCUT2D eigenvalue weighted by Gasteiger charge is -2.15. The zero-order valence-electron chi connectivity index (χ0n) is 4.81. The predicted molar refractivity (Wildman–Crippen MR) is 31.7 cm³/mol. The molecule has 0 N–H and O–H groups in total. The van der Waals surface area contributed by atoms with E-state index in [9.17, 15) is 0 Å². The SMILES string of the molecule is CC1CC[O][AlH][CH2]1. The molecule has 0 aromatic heterocycles. The van der Waals surface area contributed by atoms with Gasteiger partial charge in [0.05, 0.1) is 0 Å². The Kier molecular flexibility index (Phi) is 2.18. The summed E-state index contributed by atoms with van der Waals surface area (Å²) in [6.45, 7) is 3.36. The maximum atomic E-state index is 5.28. The first-order valence-electron chi connectivity index (χ1n) is 2.97. The molecule has 2 heteroatoms. The molecule has 0 spiro atoms. The van der Waals surface area contributed by atoms with E-state index in [4.69, 9.17) is 3.79 Å². The van der Waals surface area contributed by atoms with E-state index in [1.54, 1.807) is 0 Å². The maximum Gasteiger partial charge on any atom is 0.435 e. The van der Waals surface area contributed by atoms with Gasteiger partial charge >= 0.3 is 15.6 Å². The van der Waals surface area contributed by atoms with Crippen LogP contribution >= 0.6 is 0 Å². The van der Waals surface area contributed by atoms with E-state index >= 15 is 0 Å². The first kappa shape index (κ1) is 5.63. The van der Waals surface area contributed by atoms with Crippen molar-refractivity contribution in [3.63, 3.8) is 0 Å². The van der Waals surface area contributed by atoms with Gasteiger partial charge < -0.3 is 3.79 Å². The number of hydrogen-bond donors (Lipinski definition) is 0. The van der Waals surface area contributed by atoms with Crippen LogP contribution in [0.5, 0.6) is 0 Å². The van der Waals surface area contributed by atoms with E-state index in [0.29, 0.717) is 0 Å². The van der Waals surface area contributed by atoms with Crippen molar-refractivity contribution in [1.82, 2.24) is 0 Å². The second kappa shape index (κ2) is 2.72. The lowest BCUT2D eigenvalue weighted by Crippen LogP contribution is -2.14. The Bertz CT molecular complexity index is 50.0. The summed E-state index contributed by atoms with van der Waals surface area (Å²) < 4.78 is 5.28. The second-order valence-electron chi connectivity index (χ2n) is 2.29. The fourth-order valence-corrected chi connectivity index (χ4v) is 2.04. The highest BCUT2D eigenvalue weighted by Gasteiger charge is 2.09. The van der Waals surface area contributed by atoms with Gasteiger partial charge in [-0.2, -0.15) is 0 Å². The lowest BCUT2D eigenvalue weighted by atomic mass is 10.1. The van der Waals surface area contributed by atoms with Crippen LogP contribution in [-0.2, 0) is 3.79 Å². The third-order valence-electron chi connectivity index (χ3n) is 1.51. The fraction of sp³-hybridized carbons (Fsp3) is 1.00. The molecule has 7 heavy (non-hydrogen) atoms. The molecule has 1 aliphatic heterocycles. The average molecular weight is 114 g/mol. The topological polar surface area (TPSA) is 9.23 Å². The summed E-state index contributed by atoms with van der Waals surface area (Å²) in [5, 5.41) is 1.40. The predicted octanol–water partition coefficient (Wildman–Crippen LogP) is 0.813. The largest absolute Gasteiger partial charge is 0.503 e. The van der Waals surface area contributed by atoms with Crippen LogP contribution in [0.15, 0.2) is 0 Å². The molecule has 1 rings (SSSR count). The quantitative estimate of drug-likeness (QED) is 0.423. The molecule has 0 aromatic rings. The number of rotatable bonds is 0. The third-order valence-corrected chi connectivity index (χ3v) is 3.31. The summed E-state index contributed by atoms with van der Waals surface area (Å²) in [4.78, 5) is 0. The van der Waals surface area contributed by atoms with Crippen molar-refractivity contribution in [3.8, 4) is 0 Å². The van der Waals surface area contributed by atoms with Crippen LogP contribution in [0, 0.1) is 5.92 Å². The van der Waals surface area contributed by atoms with Gasteiger partial charge in [-0.1, -0.05) is 18.1 Å². The second-order valence-corrected chi connectivity index (χ2v) is 3.69. The molecule has 0 aromatic carbocycles. The van der Waals surface area contributed by atoms with E-state index in [2.05, 4.69) is 6.92 Å². The molecule has 1 aliphatic rings. The highest BCUT2D eigenvalue weighted by atomic mass is 27.1. The molecule has 1 atom stereocenters. The smallest absolute Gasteiger partial charge is 0.435 e. The van der Waals surface area contributed by atoms with Gasteiger partial charge in [-0.3, -0.25) is 0 Å². The summed E-state index contributed by atoms with van der Waals surface area (Å²) >= 11 is -0.0390. The monoisotopic (exact) mass is 114 g/mol. The molecule has 0 saturated carbocycles. The third kappa shape index (κ3) is 1.82. The van der Waals surface area contributed by atoms with E-state index in [1.165, 1.54) is 11.7 Å². The highest BCUT2D eigenvalue weighted by molar-refractivity contribution is 6.27. The van der Waals surface area contributed by atoms with Gasteiger partial charge in [-0.15, -0.1) is 0 Å². The van der Waals surface area contributed by atoms with Gasteiger partial charge in [0.2, 0.25) is 0 Å². The first-order valence-corrected chi connectivity index (χ1v) is 4.55. The molecule has 0 radical (unpaired) electrons. The summed E-state index contributed by atoms with van der Waals surface area (Å²) in [7, 11) is 0. The van der Waals surface area contributed by atoms with Crippen molar-refractivity contribution < 1.29 is 3.79 Å². The van der Waals surface area contributed by atoms with Crippen molar-refractivity contribution in [2.45, 2.75) is 18.6 Å². The van der Waals surface area contributed by atoms with Gasteiger partial charge in [-0.25, -0.2) is 0 Å². The molecule has 1 heterocycles. The Balaban J connectivity index is 2.12. The maximum absolute atomic E-state index is 5.28. The molecular weight excluding hydrogens is 103 g/mol. The minimum Gasteiger partial charge on any atom is -0.503 e. The summed E-state index contributed by atoms with van der Waals surface area (Å²) in [5.74, 6) is 0.973. The van der Waals surface area contributed by atoms with Crippen LogP contribution in [0.2, 0.25) is 5.28 Å². The molecule has 0 aliphatic carbocycles. The Labute approximate surface area is 51.1 Å². The van der Waals surface area contributed by atoms with Crippen LogP contribution in [0.3, 0.4) is 0 Å². The van der Waals surface area contributed by atoms with E-state index in [0.717, 1.165) is 12.5 Å². The van der Waals surface area contributed by atoms with Gasteiger partial charge in [-0.05, 0) is 6.42 Å². The Hall–Kier alpha value is 0.492. The van der Waals surface area contributed by atoms with Crippen molar-refractivity contribution in [2.75, 3.05) is 6.61 Å². The standard InChI is InChI=1S/C5H10O.Al.H/c1-5(2)3-4-6;;/h5H,1,3-4H2,2H3;;/q-1;+1;. The molecule has 1 nitrogen and oxygen atoms in total. The molecule has 0 amide bonds. The van der Waals surface area contributed by atoms with Crippen LogP contribution < -0.4 is 0 Å². The van der Waals surface area contributed by atoms with Crippen LogP contribution in [0.1, 0.15) is 13.3 Å². The summed E-state index contributed by atoms with van der Waals surface area (Å²) in [5.41, 5.74) is 0. The molecule has 1 unspecified atom stereocenters. The molecule has 40 valence electrons. The van der Waals surface area contributed by atoms with Crippen LogP contribution in [-0.4, -0.2) is 22.2 Å². The van der Waals surface area contributed by atoms with Gasteiger partial charge in [0, 0.05) is 6.61 Å². The molecule has 1 fully saturated rings. The Morgan fingerprint density at radius 1 is 1.71 bits per heavy atom. The Morgan fingerprint density at radius 2 is 2.57 bits per heavy atom. The van der Waals surface area contributed by atoms with E-state index < -0.39 is 0 Å². The van der Waals surface area contributed by atoms with E-state index in [-0.39, 0.29) is 15.6 Å². The van der Waals surface area contributed by atoms with Gasteiger partial charge in [0.1, 0.15) is 0 Å². The fourth-order valence-electron chi connectivity index (χ4n) is 0.815. The Morgan fingerprint density at radius 3 is 2.86 bits per heavy atom. The molecule has 1 saturated heterocycles. The van der Waals surface area contributed by atoms with Crippen molar-refractivity contribution in [3.05, 3.63) is 0 Å². The highest BCUT2D eigenvalue weighted by Crippen LogP contribution is 2.11. The van der Waals surface area contributed by atoms with E-state index in [1.807, 2.05) is 0 Å². The van der Waals surface area contributed by atoms with Crippen LogP contribution in [0.25, 0.3) is 0 Å². The summed E-state index contributed by atoms with van der Waals surface area (Å²) in [6.07, 6.45) is 1.30. The first-order chi connectivity index (χ1) is 3.39. The van der Waals surface area contributed by atoms with Gasteiger partial charge in [0.15, 0.2) is 0 Å². The average Bonchev–Trinajstić information content (AvgIpc) is 1.69. The molecular formula is C5H11AlO. The summed E-state index contributed by atoms with van der Waals surface area (Å²) in [6, 6.07) is 0. The van der Waals surface area contributed by atoms with Crippen molar-refractivity contribution in [1.29, 1.82) is 0 Å². The van der Waals surface area contributed by atoms with Gasteiger partial charge in [0.25, 0.3) is 0 Å². The zero-order valence-corrected chi connectivity index (χ0v) is 6.23. The number of hydrogen-bond acceptors (Lipinski definition) is 1.